The number of hydrogen-bond donors (Lipinski definition) is 1. The third-order valence-corrected chi connectivity index (χ3v) is 6.27. The van der Waals surface area contributed by atoms with Gasteiger partial charge in [-0.2, -0.15) is 0 Å². The number of aromatic nitrogens is 1. The monoisotopic (exact) mass is 369 g/mol. The number of fused-ring (bicyclic) bond motifs is 1. The van der Waals surface area contributed by atoms with E-state index in [2.05, 4.69) is 54.2 Å². The van der Waals surface area contributed by atoms with Gasteiger partial charge < -0.3 is 19.5 Å². The quantitative estimate of drug-likeness (QED) is 0.901. The van der Waals surface area contributed by atoms with E-state index in [0.717, 1.165) is 45.4 Å². The third kappa shape index (κ3) is 3.63. The number of para-hydroxylation sites is 1. The van der Waals surface area contributed by atoms with Crippen LogP contribution in [-0.4, -0.2) is 65.6 Å². The summed E-state index contributed by atoms with van der Waals surface area (Å²) in [5.74, 6) is 0.356. The summed E-state index contributed by atoms with van der Waals surface area (Å²) in [6, 6.07) is 8.50. The Morgan fingerprint density at radius 2 is 2.00 bits per heavy atom. The summed E-state index contributed by atoms with van der Waals surface area (Å²) in [4.78, 5) is 20.2. The van der Waals surface area contributed by atoms with E-state index in [1.807, 2.05) is 11.9 Å². The van der Waals surface area contributed by atoms with E-state index in [4.69, 9.17) is 4.74 Å². The topological polar surface area (TPSA) is 48.6 Å². The van der Waals surface area contributed by atoms with E-state index in [0.29, 0.717) is 0 Å². The molecule has 146 valence electrons. The molecule has 1 atom stereocenters. The maximum atomic E-state index is 12.4. The van der Waals surface area contributed by atoms with E-state index < -0.39 is 0 Å². The molecule has 5 nitrogen and oxygen atoms in total. The Hall–Kier alpha value is -1.85. The first kappa shape index (κ1) is 18.5. The molecule has 1 aromatic carbocycles. The van der Waals surface area contributed by atoms with Crippen molar-refractivity contribution in [3.63, 3.8) is 0 Å². The van der Waals surface area contributed by atoms with Crippen molar-refractivity contribution in [2.75, 3.05) is 33.2 Å². The standard InChI is InChI=1S/C22H31N3O2/c1-16(2)20-21(26)24(3)15-22(27-20)9-12-25(13-10-22)11-8-17-14-23-19-7-5-4-6-18(17)19/h4-7,14,16,20,23H,8-13,15H2,1-3H3. The highest BCUT2D eigenvalue weighted by molar-refractivity contribution is 5.83. The molecular weight excluding hydrogens is 338 g/mol. The fourth-order valence-electron chi connectivity index (χ4n) is 4.58. The molecule has 4 rings (SSSR count). The summed E-state index contributed by atoms with van der Waals surface area (Å²) in [5, 5.41) is 1.33. The van der Waals surface area contributed by atoms with Crippen molar-refractivity contribution in [1.82, 2.24) is 14.8 Å². The Morgan fingerprint density at radius 1 is 1.26 bits per heavy atom. The smallest absolute Gasteiger partial charge is 0.251 e. The molecule has 1 amide bonds. The molecule has 1 unspecified atom stereocenters. The van der Waals surface area contributed by atoms with Crippen LogP contribution in [-0.2, 0) is 16.0 Å². The molecule has 3 heterocycles. The van der Waals surface area contributed by atoms with Gasteiger partial charge in [0.25, 0.3) is 5.91 Å². The van der Waals surface area contributed by atoms with Crippen LogP contribution < -0.4 is 0 Å². The molecule has 27 heavy (non-hydrogen) atoms. The number of likely N-dealkylation sites (N-methyl/N-ethyl adjacent to an activating group) is 1. The van der Waals surface area contributed by atoms with Gasteiger partial charge in [0.1, 0.15) is 6.10 Å². The number of hydrogen-bond acceptors (Lipinski definition) is 3. The molecular formula is C22H31N3O2. The molecule has 1 spiro atoms. The summed E-state index contributed by atoms with van der Waals surface area (Å²) in [5.41, 5.74) is 2.45. The number of piperidine rings is 1. The highest BCUT2D eigenvalue weighted by Crippen LogP contribution is 2.34. The van der Waals surface area contributed by atoms with Crippen molar-refractivity contribution in [3.05, 3.63) is 36.0 Å². The number of H-pyrrole nitrogens is 1. The van der Waals surface area contributed by atoms with Gasteiger partial charge in [-0.3, -0.25) is 4.79 Å². The van der Waals surface area contributed by atoms with E-state index in [-0.39, 0.29) is 23.5 Å². The minimum absolute atomic E-state index is 0.136. The van der Waals surface area contributed by atoms with E-state index in [9.17, 15) is 4.79 Å². The number of likely N-dealkylation sites (tertiary alicyclic amines) is 1. The number of amides is 1. The fourth-order valence-corrected chi connectivity index (χ4v) is 4.58. The minimum Gasteiger partial charge on any atom is -0.361 e. The van der Waals surface area contributed by atoms with Crippen LogP contribution in [0.4, 0.5) is 0 Å². The maximum absolute atomic E-state index is 12.4. The number of carbonyl (C=O) groups is 1. The second kappa shape index (κ2) is 7.28. The van der Waals surface area contributed by atoms with Crippen molar-refractivity contribution >= 4 is 16.8 Å². The summed E-state index contributed by atoms with van der Waals surface area (Å²) in [6.07, 6.45) is 4.92. The number of morpholine rings is 1. The molecule has 2 aliphatic rings. The summed E-state index contributed by atoms with van der Waals surface area (Å²) < 4.78 is 6.39. The number of ether oxygens (including phenoxy) is 1. The molecule has 2 aromatic rings. The van der Waals surface area contributed by atoms with E-state index in [1.54, 1.807) is 0 Å². The van der Waals surface area contributed by atoms with Crippen LogP contribution in [0.3, 0.4) is 0 Å². The number of carbonyl (C=O) groups excluding carboxylic acids is 1. The zero-order valence-corrected chi connectivity index (χ0v) is 16.7. The Bertz CT molecular complexity index is 805. The lowest BCUT2D eigenvalue weighted by molar-refractivity contribution is -0.197. The maximum Gasteiger partial charge on any atom is 0.251 e. The first-order chi connectivity index (χ1) is 13.0. The molecule has 2 fully saturated rings. The van der Waals surface area contributed by atoms with Crippen LogP contribution in [0.2, 0.25) is 0 Å². The Kier molecular flexibility index (Phi) is 4.99. The van der Waals surface area contributed by atoms with Gasteiger partial charge in [-0.25, -0.2) is 0 Å². The van der Waals surface area contributed by atoms with Crippen molar-refractivity contribution in [3.8, 4) is 0 Å². The molecule has 1 N–H and O–H groups in total. The highest BCUT2D eigenvalue weighted by atomic mass is 16.5. The average molecular weight is 370 g/mol. The second-order valence-electron chi connectivity index (χ2n) is 8.61. The number of nitrogens with one attached hydrogen (secondary N) is 1. The average Bonchev–Trinajstić information content (AvgIpc) is 3.07. The normalized spacial score (nSPS) is 23.6. The first-order valence-corrected chi connectivity index (χ1v) is 10.2. The summed E-state index contributed by atoms with van der Waals surface area (Å²) in [6.45, 7) is 8.02. The Morgan fingerprint density at radius 3 is 2.74 bits per heavy atom. The van der Waals surface area contributed by atoms with Gasteiger partial charge in [0, 0.05) is 50.3 Å². The van der Waals surface area contributed by atoms with Gasteiger partial charge >= 0.3 is 0 Å². The lowest BCUT2D eigenvalue weighted by Crippen LogP contribution is -2.62. The van der Waals surface area contributed by atoms with Gasteiger partial charge in [0.15, 0.2) is 0 Å². The predicted molar refractivity (Wildman–Crippen MR) is 108 cm³/mol. The van der Waals surface area contributed by atoms with Crippen LogP contribution >= 0.6 is 0 Å². The predicted octanol–water partition coefficient (Wildman–Crippen LogP) is 3.06. The number of nitrogens with zero attached hydrogens (tertiary/aromatic N) is 2. The molecule has 5 heteroatoms. The molecule has 0 saturated carbocycles. The largest absolute Gasteiger partial charge is 0.361 e. The molecule has 2 aliphatic heterocycles. The van der Waals surface area contributed by atoms with Crippen molar-refractivity contribution in [2.24, 2.45) is 5.92 Å². The molecule has 0 radical (unpaired) electrons. The van der Waals surface area contributed by atoms with E-state index >= 15 is 0 Å². The molecule has 1 aromatic heterocycles. The highest BCUT2D eigenvalue weighted by Gasteiger charge is 2.46. The van der Waals surface area contributed by atoms with Crippen molar-refractivity contribution in [1.29, 1.82) is 0 Å². The van der Waals surface area contributed by atoms with Crippen LogP contribution in [0.5, 0.6) is 0 Å². The van der Waals surface area contributed by atoms with Gasteiger partial charge in [0.05, 0.1) is 5.60 Å². The van der Waals surface area contributed by atoms with E-state index in [1.165, 1.54) is 16.5 Å². The zero-order valence-electron chi connectivity index (χ0n) is 16.7. The molecule has 0 aliphatic carbocycles. The van der Waals surface area contributed by atoms with Gasteiger partial charge in [-0.05, 0) is 36.8 Å². The lowest BCUT2D eigenvalue weighted by atomic mass is 9.87. The van der Waals surface area contributed by atoms with Crippen LogP contribution in [0.1, 0.15) is 32.3 Å². The minimum atomic E-state index is -0.290. The van der Waals surface area contributed by atoms with Crippen LogP contribution in [0.25, 0.3) is 10.9 Å². The molecule has 2 saturated heterocycles. The number of rotatable bonds is 4. The SMILES string of the molecule is CC(C)C1OC2(CCN(CCc3c[nH]c4ccccc34)CC2)CN(C)C1=O. The fraction of sp³-hybridized carbons (Fsp3) is 0.591. The lowest BCUT2D eigenvalue weighted by Gasteiger charge is -2.49. The summed E-state index contributed by atoms with van der Waals surface area (Å²) in [7, 11) is 1.92. The zero-order chi connectivity index (χ0) is 19.0. The van der Waals surface area contributed by atoms with Crippen molar-refractivity contribution in [2.45, 2.75) is 44.8 Å². The van der Waals surface area contributed by atoms with Crippen LogP contribution in [0, 0.1) is 5.92 Å². The van der Waals surface area contributed by atoms with Crippen molar-refractivity contribution < 1.29 is 9.53 Å². The van der Waals surface area contributed by atoms with Crippen LogP contribution in [0.15, 0.2) is 30.5 Å². The van der Waals surface area contributed by atoms with Gasteiger partial charge in [0.2, 0.25) is 0 Å². The second-order valence-corrected chi connectivity index (χ2v) is 8.61. The van der Waals surface area contributed by atoms with Gasteiger partial charge in [-0.1, -0.05) is 32.0 Å². The Balaban J connectivity index is 1.35. The Labute approximate surface area is 161 Å². The third-order valence-electron chi connectivity index (χ3n) is 6.27. The molecule has 0 bridgehead atoms. The number of aromatic amines is 1. The number of benzene rings is 1. The first-order valence-electron chi connectivity index (χ1n) is 10.2. The summed E-state index contributed by atoms with van der Waals surface area (Å²) >= 11 is 0. The van der Waals surface area contributed by atoms with Gasteiger partial charge in [-0.15, -0.1) is 0 Å².